The highest BCUT2D eigenvalue weighted by Crippen LogP contribution is 2.47. The van der Waals surface area contributed by atoms with E-state index in [2.05, 4.69) is 0 Å². The Balaban J connectivity index is 2.03. The quantitative estimate of drug-likeness (QED) is 0.592. The minimum absolute atomic E-state index is 0.0106. The van der Waals surface area contributed by atoms with Gasteiger partial charge < -0.3 is 29.9 Å². The van der Waals surface area contributed by atoms with Gasteiger partial charge in [-0.1, -0.05) is 11.6 Å². The maximum Gasteiger partial charge on any atom is 0.174 e. The van der Waals surface area contributed by atoms with Gasteiger partial charge in [-0.2, -0.15) is 0 Å². The summed E-state index contributed by atoms with van der Waals surface area (Å²) in [6, 6.07) is 3.79. The Morgan fingerprint density at radius 3 is 2.50 bits per heavy atom. The predicted octanol–water partition coefficient (Wildman–Crippen LogP) is 3.73. The van der Waals surface area contributed by atoms with E-state index in [1.807, 2.05) is 19.9 Å². The molecule has 4 N–H and O–H groups in total. The molecule has 0 amide bonds. The smallest absolute Gasteiger partial charge is 0.174 e. The number of fused-ring (bicyclic) bond motifs is 1. The Morgan fingerprint density at radius 2 is 1.86 bits per heavy atom. The van der Waals surface area contributed by atoms with Gasteiger partial charge in [0.15, 0.2) is 17.3 Å². The fourth-order valence-corrected chi connectivity index (χ4v) is 3.18. The maximum atomic E-state index is 12.7. The molecule has 0 bridgehead atoms. The fourth-order valence-electron chi connectivity index (χ4n) is 3.18. The zero-order valence-electron chi connectivity index (χ0n) is 15.8. The first-order valence-electron chi connectivity index (χ1n) is 8.73. The van der Waals surface area contributed by atoms with Crippen LogP contribution in [0, 0.1) is 0 Å². The highest BCUT2D eigenvalue weighted by atomic mass is 16.5. The minimum Gasteiger partial charge on any atom is -0.507 e. The van der Waals surface area contributed by atoms with Crippen molar-refractivity contribution in [3.8, 4) is 34.5 Å². The molecule has 0 radical (unpaired) electrons. The second-order valence-corrected chi connectivity index (χ2v) is 6.90. The summed E-state index contributed by atoms with van der Waals surface area (Å²) in [7, 11) is 1.36. The molecule has 1 atom stereocenters. The summed E-state index contributed by atoms with van der Waals surface area (Å²) in [6.07, 6.45) is 1.12. The van der Waals surface area contributed by atoms with Crippen LogP contribution >= 0.6 is 0 Å². The number of phenolic OH excluding ortho intramolecular Hbond substituents is 4. The first-order valence-corrected chi connectivity index (χ1v) is 8.73. The van der Waals surface area contributed by atoms with Gasteiger partial charge in [-0.25, -0.2) is 0 Å². The van der Waals surface area contributed by atoms with E-state index in [-0.39, 0.29) is 69.8 Å². The molecule has 1 aliphatic heterocycles. The zero-order chi connectivity index (χ0) is 20.6. The van der Waals surface area contributed by atoms with Gasteiger partial charge in [0.2, 0.25) is 0 Å². The minimum atomic E-state index is -0.864. The van der Waals surface area contributed by atoms with E-state index in [0.717, 1.165) is 11.6 Å². The number of ether oxygens (including phenoxy) is 2. The number of allylic oxidation sites excluding steroid dienone is 2. The van der Waals surface area contributed by atoms with Crippen molar-refractivity contribution in [3.63, 3.8) is 0 Å². The van der Waals surface area contributed by atoms with Gasteiger partial charge in [0.25, 0.3) is 0 Å². The van der Waals surface area contributed by atoms with Crippen LogP contribution in [0.15, 0.2) is 29.8 Å². The second kappa shape index (κ2) is 7.34. The predicted molar refractivity (Wildman–Crippen MR) is 102 cm³/mol. The largest absolute Gasteiger partial charge is 0.507 e. The summed E-state index contributed by atoms with van der Waals surface area (Å²) >= 11 is 0. The van der Waals surface area contributed by atoms with Crippen LogP contribution in [-0.4, -0.2) is 33.3 Å². The first-order chi connectivity index (χ1) is 13.2. The van der Waals surface area contributed by atoms with Gasteiger partial charge in [-0.3, -0.25) is 4.79 Å². The molecule has 7 nitrogen and oxygen atoms in total. The van der Waals surface area contributed by atoms with Crippen LogP contribution in [0.1, 0.15) is 47.9 Å². The average molecular weight is 386 g/mol. The number of carbonyl (C=O) groups is 1. The molecule has 28 heavy (non-hydrogen) atoms. The molecule has 7 heteroatoms. The lowest BCUT2D eigenvalue weighted by Gasteiger charge is -2.27. The summed E-state index contributed by atoms with van der Waals surface area (Å²) in [4.78, 5) is 12.7. The topological polar surface area (TPSA) is 116 Å². The van der Waals surface area contributed by atoms with Crippen LogP contribution in [0.4, 0.5) is 0 Å². The van der Waals surface area contributed by atoms with E-state index in [4.69, 9.17) is 9.47 Å². The summed E-state index contributed by atoms with van der Waals surface area (Å²) in [5.74, 6) is -1.22. The zero-order valence-corrected chi connectivity index (χ0v) is 15.8. The second-order valence-electron chi connectivity index (χ2n) is 6.90. The number of benzene rings is 2. The van der Waals surface area contributed by atoms with Gasteiger partial charge in [-0.15, -0.1) is 0 Å². The van der Waals surface area contributed by atoms with Crippen molar-refractivity contribution in [2.75, 3.05) is 7.11 Å². The number of phenols is 4. The van der Waals surface area contributed by atoms with Crippen LogP contribution < -0.4 is 9.47 Å². The molecule has 1 aliphatic rings. The molecule has 3 rings (SSSR count). The lowest BCUT2D eigenvalue weighted by Crippen LogP contribution is -2.21. The van der Waals surface area contributed by atoms with Gasteiger partial charge in [0, 0.05) is 23.3 Å². The van der Waals surface area contributed by atoms with E-state index in [0.29, 0.717) is 0 Å². The third-order valence-electron chi connectivity index (χ3n) is 4.65. The first kappa shape index (κ1) is 19.4. The van der Waals surface area contributed by atoms with Crippen LogP contribution in [0.5, 0.6) is 34.5 Å². The number of methoxy groups -OCH3 is 1. The third-order valence-corrected chi connectivity index (χ3v) is 4.65. The Labute approximate surface area is 162 Å². The number of rotatable bonds is 4. The maximum absolute atomic E-state index is 12.7. The summed E-state index contributed by atoms with van der Waals surface area (Å²) < 4.78 is 10.8. The van der Waals surface area contributed by atoms with Crippen molar-refractivity contribution in [1.82, 2.24) is 0 Å². The molecule has 0 saturated carbocycles. The standard InChI is InChI=1S/C21H22O7/c1-10(2)4-5-11-14(23)8-19-20(21(11)26)16(25)9-17(28-19)12-6-18(27-3)15(24)7-13(12)22/h4,6-8,17,22-24,26H,5,9H2,1-3H3. The van der Waals surface area contributed by atoms with Crippen molar-refractivity contribution in [2.45, 2.75) is 32.8 Å². The molecule has 0 saturated heterocycles. The Morgan fingerprint density at radius 1 is 1.14 bits per heavy atom. The van der Waals surface area contributed by atoms with Crippen molar-refractivity contribution < 1.29 is 34.7 Å². The molecular weight excluding hydrogens is 364 g/mol. The Hall–Kier alpha value is -3.35. The van der Waals surface area contributed by atoms with Gasteiger partial charge in [-0.05, 0) is 26.3 Å². The van der Waals surface area contributed by atoms with Gasteiger partial charge in [0.05, 0.1) is 13.5 Å². The Bertz CT molecular complexity index is 971. The van der Waals surface area contributed by atoms with Crippen molar-refractivity contribution in [3.05, 3.63) is 46.5 Å². The molecule has 2 aromatic rings. The van der Waals surface area contributed by atoms with Crippen molar-refractivity contribution >= 4 is 5.78 Å². The van der Waals surface area contributed by atoms with Gasteiger partial charge in [0.1, 0.15) is 34.7 Å². The van der Waals surface area contributed by atoms with Gasteiger partial charge >= 0.3 is 0 Å². The molecule has 0 aliphatic carbocycles. The normalized spacial score (nSPS) is 15.5. The van der Waals surface area contributed by atoms with E-state index in [9.17, 15) is 25.2 Å². The fraction of sp³-hybridized carbons (Fsp3) is 0.286. The van der Waals surface area contributed by atoms with Crippen LogP contribution in [-0.2, 0) is 6.42 Å². The molecule has 0 aromatic heterocycles. The number of hydrogen-bond acceptors (Lipinski definition) is 7. The van der Waals surface area contributed by atoms with E-state index in [1.54, 1.807) is 0 Å². The van der Waals surface area contributed by atoms with E-state index < -0.39 is 6.10 Å². The van der Waals surface area contributed by atoms with Crippen molar-refractivity contribution in [2.24, 2.45) is 0 Å². The summed E-state index contributed by atoms with van der Waals surface area (Å²) in [5.41, 5.74) is 1.53. The Kier molecular flexibility index (Phi) is 5.09. The molecule has 1 heterocycles. The monoisotopic (exact) mass is 386 g/mol. The molecule has 0 fully saturated rings. The molecule has 1 unspecified atom stereocenters. The average Bonchev–Trinajstić information content (AvgIpc) is 2.60. The number of hydrogen-bond donors (Lipinski definition) is 4. The lowest BCUT2D eigenvalue weighted by molar-refractivity contribution is 0.0841. The number of Topliss-reactive ketones (excluding diaryl/α,β-unsaturated/α-hetero) is 1. The third kappa shape index (κ3) is 3.43. The molecule has 148 valence electrons. The molecule has 0 spiro atoms. The van der Waals surface area contributed by atoms with Crippen LogP contribution in [0.25, 0.3) is 0 Å². The van der Waals surface area contributed by atoms with Crippen molar-refractivity contribution in [1.29, 1.82) is 0 Å². The van der Waals surface area contributed by atoms with Crippen LogP contribution in [0.3, 0.4) is 0 Å². The molecule has 2 aromatic carbocycles. The van der Waals surface area contributed by atoms with Crippen LogP contribution in [0.2, 0.25) is 0 Å². The molecular formula is C21H22O7. The summed E-state index contributed by atoms with van der Waals surface area (Å²) in [5, 5.41) is 40.7. The number of ketones is 1. The summed E-state index contributed by atoms with van der Waals surface area (Å²) in [6.45, 7) is 3.79. The highest BCUT2D eigenvalue weighted by molar-refractivity contribution is 6.03. The number of carbonyl (C=O) groups excluding carboxylic acids is 1. The van der Waals surface area contributed by atoms with E-state index in [1.165, 1.54) is 19.2 Å². The SMILES string of the molecule is COc1cc(C2CC(=O)c3c(cc(O)c(CC=C(C)C)c3O)O2)c(O)cc1O. The van der Waals surface area contributed by atoms with E-state index >= 15 is 0 Å². The number of aromatic hydroxyl groups is 4. The highest BCUT2D eigenvalue weighted by Gasteiger charge is 2.34. The lowest BCUT2D eigenvalue weighted by atomic mass is 9.92.